The number of benzene rings is 3. The Labute approximate surface area is 172 Å². The summed E-state index contributed by atoms with van der Waals surface area (Å²) in [6.45, 7) is 2.30. The van der Waals surface area contributed by atoms with Crippen LogP contribution in [0.15, 0.2) is 71.1 Å². The zero-order valence-electron chi connectivity index (χ0n) is 15.9. The lowest BCUT2D eigenvalue weighted by atomic mass is 10.0. The average Bonchev–Trinajstić information content (AvgIpc) is 3.53. The quantitative estimate of drug-likeness (QED) is 0.340. The summed E-state index contributed by atoms with van der Waals surface area (Å²) in [4.78, 5) is 0. The maximum Gasteiger partial charge on any atom is 0.247 e. The van der Waals surface area contributed by atoms with Gasteiger partial charge in [0.2, 0.25) is 11.8 Å². The van der Waals surface area contributed by atoms with E-state index in [1.807, 2.05) is 11.3 Å². The first-order valence-electron chi connectivity index (χ1n) is 10.1. The smallest absolute Gasteiger partial charge is 0.247 e. The third-order valence-electron chi connectivity index (χ3n) is 6.78. The van der Waals surface area contributed by atoms with Crippen molar-refractivity contribution in [3.8, 4) is 22.6 Å². The highest BCUT2D eigenvalue weighted by Gasteiger charge is 2.73. The van der Waals surface area contributed by atoms with Crippen LogP contribution in [0, 0.1) is 17.8 Å². The SMILES string of the molecule is CC1C2C(c3nnc(-c4ccc(-c5cccc6c5sc5ccccc56)cc4)o3)C12. The predicted molar refractivity (Wildman–Crippen MR) is 117 cm³/mol. The van der Waals surface area contributed by atoms with Crippen LogP contribution in [0.1, 0.15) is 18.7 Å². The average molecular weight is 394 g/mol. The third kappa shape index (κ3) is 2.24. The van der Waals surface area contributed by atoms with E-state index in [9.17, 15) is 0 Å². The minimum atomic E-state index is 0.524. The fourth-order valence-electron chi connectivity index (χ4n) is 4.98. The van der Waals surface area contributed by atoms with Crippen molar-refractivity contribution in [2.75, 3.05) is 0 Å². The molecule has 3 nitrogen and oxygen atoms in total. The summed E-state index contributed by atoms with van der Waals surface area (Å²) in [5, 5.41) is 11.3. The summed E-state index contributed by atoms with van der Waals surface area (Å²) in [6.07, 6.45) is 0. The number of aromatic nitrogens is 2. The van der Waals surface area contributed by atoms with Crippen LogP contribution >= 0.6 is 11.3 Å². The van der Waals surface area contributed by atoms with Crippen molar-refractivity contribution >= 4 is 31.5 Å². The first-order valence-corrected chi connectivity index (χ1v) is 11.0. The van der Waals surface area contributed by atoms with Crippen molar-refractivity contribution in [2.45, 2.75) is 12.8 Å². The molecular weight excluding hydrogens is 376 g/mol. The molecular formula is C25H18N2OS. The molecule has 4 heteroatoms. The maximum absolute atomic E-state index is 5.98. The second-order valence-electron chi connectivity index (χ2n) is 8.34. The highest BCUT2D eigenvalue weighted by molar-refractivity contribution is 7.26. The van der Waals surface area contributed by atoms with Gasteiger partial charge in [-0.25, -0.2) is 0 Å². The van der Waals surface area contributed by atoms with Gasteiger partial charge in [0.1, 0.15) is 0 Å². The summed E-state index contributed by atoms with van der Waals surface area (Å²) in [5.74, 6) is 4.43. The van der Waals surface area contributed by atoms with Crippen molar-refractivity contribution in [1.29, 1.82) is 0 Å². The molecule has 0 saturated heterocycles. The number of nitrogens with zero attached hydrogens (tertiary/aromatic N) is 2. The van der Waals surface area contributed by atoms with E-state index in [0.717, 1.165) is 29.2 Å². The van der Waals surface area contributed by atoms with Gasteiger partial charge in [0, 0.05) is 31.7 Å². The van der Waals surface area contributed by atoms with Crippen LogP contribution < -0.4 is 0 Å². The molecule has 2 saturated carbocycles. The second-order valence-corrected chi connectivity index (χ2v) is 9.40. The van der Waals surface area contributed by atoms with Gasteiger partial charge >= 0.3 is 0 Å². The zero-order valence-corrected chi connectivity index (χ0v) is 16.7. The Hall–Kier alpha value is -2.98. The van der Waals surface area contributed by atoms with E-state index < -0.39 is 0 Å². The molecule has 0 radical (unpaired) electrons. The summed E-state index contributed by atoms with van der Waals surface area (Å²) >= 11 is 1.86. The highest BCUT2D eigenvalue weighted by atomic mass is 32.1. The normalized spacial score (nSPS) is 24.7. The molecule has 29 heavy (non-hydrogen) atoms. The number of rotatable bonds is 3. The van der Waals surface area contributed by atoms with Crippen molar-refractivity contribution in [3.63, 3.8) is 0 Å². The number of hydrogen-bond donors (Lipinski definition) is 0. The first-order chi connectivity index (χ1) is 14.3. The van der Waals surface area contributed by atoms with Crippen LogP contribution in [0.5, 0.6) is 0 Å². The lowest BCUT2D eigenvalue weighted by molar-refractivity contribution is 0.449. The Morgan fingerprint density at radius 2 is 1.55 bits per heavy atom. The van der Waals surface area contributed by atoms with Crippen LogP contribution in [-0.2, 0) is 0 Å². The van der Waals surface area contributed by atoms with E-state index >= 15 is 0 Å². The van der Waals surface area contributed by atoms with E-state index in [2.05, 4.69) is 83.9 Å². The molecule has 0 N–H and O–H groups in total. The highest BCUT2D eigenvalue weighted by Crippen LogP contribution is 2.77. The molecule has 0 spiro atoms. The molecule has 140 valence electrons. The Morgan fingerprint density at radius 1 is 0.793 bits per heavy atom. The molecule has 2 fully saturated rings. The Morgan fingerprint density at radius 3 is 2.38 bits per heavy atom. The predicted octanol–water partition coefficient (Wildman–Crippen LogP) is 6.75. The van der Waals surface area contributed by atoms with Crippen molar-refractivity contribution in [2.24, 2.45) is 17.8 Å². The van der Waals surface area contributed by atoms with Gasteiger partial charge in [-0.1, -0.05) is 55.5 Å². The molecule has 2 atom stereocenters. The van der Waals surface area contributed by atoms with E-state index in [4.69, 9.17) is 4.42 Å². The Kier molecular flexibility index (Phi) is 3.04. The molecule has 2 heterocycles. The summed E-state index contributed by atoms with van der Waals surface area (Å²) in [6, 6.07) is 23.7. The van der Waals surface area contributed by atoms with Crippen LogP contribution in [0.25, 0.3) is 42.8 Å². The van der Waals surface area contributed by atoms with Gasteiger partial charge in [-0.15, -0.1) is 21.5 Å². The van der Waals surface area contributed by atoms with E-state index in [-0.39, 0.29) is 0 Å². The minimum absolute atomic E-state index is 0.524. The second kappa shape index (κ2) is 5.55. The van der Waals surface area contributed by atoms with E-state index in [0.29, 0.717) is 11.8 Å². The molecule has 2 aromatic heterocycles. The van der Waals surface area contributed by atoms with Gasteiger partial charge in [0.15, 0.2) is 0 Å². The van der Waals surface area contributed by atoms with Crippen LogP contribution in [0.4, 0.5) is 0 Å². The summed E-state index contributed by atoms with van der Waals surface area (Å²) < 4.78 is 8.65. The molecule has 2 aliphatic carbocycles. The molecule has 0 bridgehead atoms. The van der Waals surface area contributed by atoms with Gasteiger partial charge < -0.3 is 4.42 Å². The van der Waals surface area contributed by atoms with Gasteiger partial charge in [-0.2, -0.15) is 0 Å². The van der Waals surface area contributed by atoms with Crippen LogP contribution in [-0.4, -0.2) is 10.2 Å². The summed E-state index contributed by atoms with van der Waals surface area (Å²) in [5.41, 5.74) is 3.47. The van der Waals surface area contributed by atoms with Gasteiger partial charge in [0.25, 0.3) is 0 Å². The molecule has 0 aliphatic heterocycles. The summed E-state index contributed by atoms with van der Waals surface area (Å²) in [7, 11) is 0. The molecule has 2 aliphatic rings. The van der Waals surface area contributed by atoms with Crippen LogP contribution in [0.3, 0.4) is 0 Å². The lowest BCUT2D eigenvalue weighted by Crippen LogP contribution is -1.95. The molecule has 5 aromatic rings. The molecule has 0 amide bonds. The van der Waals surface area contributed by atoms with Crippen molar-refractivity contribution in [1.82, 2.24) is 10.2 Å². The third-order valence-corrected chi connectivity index (χ3v) is 8.00. The number of thiophene rings is 1. The largest absolute Gasteiger partial charge is 0.420 e. The Balaban J connectivity index is 1.25. The molecule has 7 rings (SSSR count). The van der Waals surface area contributed by atoms with Gasteiger partial charge in [-0.3, -0.25) is 0 Å². The minimum Gasteiger partial charge on any atom is -0.420 e. The lowest BCUT2D eigenvalue weighted by Gasteiger charge is -2.05. The van der Waals surface area contributed by atoms with Crippen molar-refractivity contribution in [3.05, 3.63) is 72.6 Å². The zero-order chi connectivity index (χ0) is 19.1. The fraction of sp³-hybridized carbons (Fsp3) is 0.200. The molecule has 3 aromatic carbocycles. The standard InChI is InChI=1S/C25H18N2OS/c1-13-20-21(13)22(20)25-27-26-24(28-25)15-11-9-14(10-12-15)16-6-4-7-18-17-5-2-3-8-19(17)29-23(16)18/h2-13,20-22H,1H3. The molecule has 2 unspecified atom stereocenters. The monoisotopic (exact) mass is 394 g/mol. The van der Waals surface area contributed by atoms with Crippen LogP contribution in [0.2, 0.25) is 0 Å². The van der Waals surface area contributed by atoms with Crippen molar-refractivity contribution < 1.29 is 4.42 Å². The topological polar surface area (TPSA) is 38.9 Å². The number of hydrogen-bond acceptors (Lipinski definition) is 4. The fourth-order valence-corrected chi connectivity index (χ4v) is 6.21. The Bertz CT molecular complexity index is 1390. The maximum atomic E-state index is 5.98. The van der Waals surface area contributed by atoms with E-state index in [1.165, 1.54) is 31.3 Å². The van der Waals surface area contributed by atoms with Gasteiger partial charge in [0.05, 0.1) is 0 Å². The van der Waals surface area contributed by atoms with Gasteiger partial charge in [-0.05, 0) is 47.1 Å². The first kappa shape index (κ1) is 15.9. The number of fused-ring (bicyclic) bond motifs is 4. The van der Waals surface area contributed by atoms with E-state index in [1.54, 1.807) is 0 Å².